The Labute approximate surface area is 102 Å². The van der Waals surface area contributed by atoms with Crippen molar-refractivity contribution >= 4 is 6.01 Å². The van der Waals surface area contributed by atoms with Crippen LogP contribution in [0, 0.1) is 5.92 Å². The van der Waals surface area contributed by atoms with Crippen LogP contribution in [0.3, 0.4) is 0 Å². The summed E-state index contributed by atoms with van der Waals surface area (Å²) < 4.78 is 5.35. The maximum atomic E-state index is 5.42. The Morgan fingerprint density at radius 1 is 1.29 bits per heavy atom. The van der Waals surface area contributed by atoms with E-state index in [2.05, 4.69) is 22.4 Å². The number of hydrogen-bond donors (Lipinski definition) is 2. The average Bonchev–Trinajstić information content (AvgIpc) is 2.80. The van der Waals surface area contributed by atoms with Gasteiger partial charge in [-0.2, -0.15) is 0 Å². The monoisotopic (exact) mass is 238 g/mol. The van der Waals surface area contributed by atoms with Crippen molar-refractivity contribution in [2.24, 2.45) is 11.7 Å². The van der Waals surface area contributed by atoms with Crippen LogP contribution in [0.2, 0.25) is 0 Å². The van der Waals surface area contributed by atoms with Crippen molar-refractivity contribution in [1.29, 1.82) is 0 Å². The van der Waals surface area contributed by atoms with E-state index >= 15 is 0 Å². The van der Waals surface area contributed by atoms with E-state index in [0.717, 1.165) is 5.92 Å². The van der Waals surface area contributed by atoms with Crippen LogP contribution in [0.15, 0.2) is 4.42 Å². The van der Waals surface area contributed by atoms with Gasteiger partial charge in [0.15, 0.2) is 0 Å². The van der Waals surface area contributed by atoms with Crippen LogP contribution in [0.4, 0.5) is 6.01 Å². The molecule has 0 amide bonds. The predicted molar refractivity (Wildman–Crippen MR) is 66.5 cm³/mol. The van der Waals surface area contributed by atoms with E-state index in [1.807, 2.05) is 0 Å². The highest BCUT2D eigenvalue weighted by molar-refractivity contribution is 5.19. The summed E-state index contributed by atoms with van der Waals surface area (Å²) in [6.45, 7) is 2.56. The normalized spacial score (nSPS) is 24.8. The minimum Gasteiger partial charge on any atom is -0.407 e. The lowest BCUT2D eigenvalue weighted by atomic mass is 9.83. The molecule has 1 aliphatic carbocycles. The van der Waals surface area contributed by atoms with E-state index in [1.54, 1.807) is 0 Å². The summed E-state index contributed by atoms with van der Waals surface area (Å²) in [5.41, 5.74) is 5.42. The Kier molecular flexibility index (Phi) is 4.36. The van der Waals surface area contributed by atoms with Crippen molar-refractivity contribution in [3.63, 3.8) is 0 Å². The molecule has 0 aromatic carbocycles. The molecule has 0 unspecified atom stereocenters. The summed E-state index contributed by atoms with van der Waals surface area (Å²) in [4.78, 5) is 0. The molecule has 2 rings (SSSR count). The number of nitrogens with zero attached hydrogens (tertiary/aromatic N) is 2. The highest BCUT2D eigenvalue weighted by Gasteiger charge is 2.21. The molecule has 1 aromatic rings. The number of hydrogen-bond acceptors (Lipinski definition) is 5. The first-order valence-corrected chi connectivity index (χ1v) is 6.60. The largest absolute Gasteiger partial charge is 0.407 e. The van der Waals surface area contributed by atoms with E-state index in [9.17, 15) is 0 Å². The molecule has 96 valence electrons. The number of nitrogens with one attached hydrogen (secondary N) is 1. The Bertz CT molecular complexity index is 331. The molecule has 1 aliphatic rings. The van der Waals surface area contributed by atoms with Gasteiger partial charge < -0.3 is 15.5 Å². The second-order valence-electron chi connectivity index (χ2n) is 4.86. The van der Waals surface area contributed by atoms with Gasteiger partial charge in [-0.1, -0.05) is 24.9 Å². The molecule has 0 atom stereocenters. The lowest BCUT2D eigenvalue weighted by Gasteiger charge is -2.28. The Morgan fingerprint density at radius 2 is 2.06 bits per heavy atom. The molecule has 0 saturated heterocycles. The Hall–Kier alpha value is -1.10. The maximum Gasteiger partial charge on any atom is 0.315 e. The highest BCUT2D eigenvalue weighted by atomic mass is 16.4. The predicted octanol–water partition coefficient (Wildman–Crippen LogP) is 2.30. The zero-order valence-electron chi connectivity index (χ0n) is 10.5. The van der Waals surface area contributed by atoms with Gasteiger partial charge in [0.25, 0.3) is 0 Å². The maximum absolute atomic E-state index is 5.42. The van der Waals surface area contributed by atoms with Gasteiger partial charge in [-0.3, -0.25) is 0 Å². The van der Waals surface area contributed by atoms with E-state index in [0.29, 0.717) is 24.5 Å². The highest BCUT2D eigenvalue weighted by Crippen LogP contribution is 2.29. The molecule has 1 aromatic heterocycles. The van der Waals surface area contributed by atoms with Gasteiger partial charge in [0.05, 0.1) is 6.54 Å². The lowest BCUT2D eigenvalue weighted by molar-refractivity contribution is 0.315. The Morgan fingerprint density at radius 3 is 2.65 bits per heavy atom. The van der Waals surface area contributed by atoms with E-state index in [4.69, 9.17) is 10.2 Å². The molecule has 1 fully saturated rings. The molecule has 1 heterocycles. The fourth-order valence-corrected chi connectivity index (χ4v) is 2.57. The quantitative estimate of drug-likeness (QED) is 0.823. The molecule has 3 N–H and O–H groups in total. The van der Waals surface area contributed by atoms with Gasteiger partial charge in [-0.25, -0.2) is 0 Å². The molecule has 5 nitrogen and oxygen atoms in total. The van der Waals surface area contributed by atoms with Gasteiger partial charge in [-0.05, 0) is 31.6 Å². The van der Waals surface area contributed by atoms with Crippen molar-refractivity contribution in [3.8, 4) is 0 Å². The minimum absolute atomic E-state index is 0.303. The van der Waals surface area contributed by atoms with Crippen LogP contribution in [-0.4, -0.2) is 16.2 Å². The molecule has 17 heavy (non-hydrogen) atoms. The minimum atomic E-state index is 0.303. The molecule has 0 aliphatic heterocycles. The van der Waals surface area contributed by atoms with Crippen molar-refractivity contribution in [3.05, 3.63) is 5.89 Å². The summed E-state index contributed by atoms with van der Waals surface area (Å²) in [7, 11) is 0. The topological polar surface area (TPSA) is 77.0 Å². The zero-order chi connectivity index (χ0) is 12.1. The van der Waals surface area contributed by atoms with Crippen LogP contribution in [0.25, 0.3) is 0 Å². The van der Waals surface area contributed by atoms with Gasteiger partial charge in [-0.15, -0.1) is 5.10 Å². The summed E-state index contributed by atoms with van der Waals surface area (Å²) in [5.74, 6) is 1.41. The summed E-state index contributed by atoms with van der Waals surface area (Å²) in [6, 6.07) is 0.999. The van der Waals surface area contributed by atoms with Gasteiger partial charge in [0.2, 0.25) is 5.89 Å². The van der Waals surface area contributed by atoms with Crippen LogP contribution in [0.5, 0.6) is 0 Å². The van der Waals surface area contributed by atoms with Crippen molar-refractivity contribution in [2.75, 3.05) is 5.32 Å². The van der Waals surface area contributed by atoms with E-state index in [-0.39, 0.29) is 0 Å². The standard InChI is InChI=1S/C12H22N4O/c1-2-3-9-4-6-10(7-5-9)14-12-16-15-11(8-13)17-12/h9-10H,2-8,13H2,1H3,(H,14,16). The molecule has 0 radical (unpaired) electrons. The average molecular weight is 238 g/mol. The van der Waals surface area contributed by atoms with Crippen molar-refractivity contribution in [1.82, 2.24) is 10.2 Å². The second-order valence-corrected chi connectivity index (χ2v) is 4.86. The fraction of sp³-hybridized carbons (Fsp3) is 0.833. The molecular formula is C12H22N4O. The first kappa shape index (κ1) is 12.4. The lowest BCUT2D eigenvalue weighted by Crippen LogP contribution is -2.26. The molecular weight excluding hydrogens is 216 g/mol. The second kappa shape index (κ2) is 6.00. The summed E-state index contributed by atoms with van der Waals surface area (Å²) in [5, 5.41) is 11.1. The number of aromatic nitrogens is 2. The van der Waals surface area contributed by atoms with E-state index < -0.39 is 0 Å². The first-order chi connectivity index (χ1) is 8.31. The zero-order valence-corrected chi connectivity index (χ0v) is 10.5. The Balaban J connectivity index is 1.77. The van der Waals surface area contributed by atoms with Crippen LogP contribution in [0.1, 0.15) is 51.3 Å². The molecule has 5 heteroatoms. The molecule has 0 bridgehead atoms. The third-order valence-corrected chi connectivity index (χ3v) is 3.51. The van der Waals surface area contributed by atoms with E-state index in [1.165, 1.54) is 38.5 Å². The van der Waals surface area contributed by atoms with Gasteiger partial charge in [0, 0.05) is 6.04 Å². The summed E-state index contributed by atoms with van der Waals surface area (Å²) >= 11 is 0. The molecule has 1 saturated carbocycles. The van der Waals surface area contributed by atoms with Crippen LogP contribution >= 0.6 is 0 Å². The van der Waals surface area contributed by atoms with Crippen molar-refractivity contribution in [2.45, 2.75) is 58.0 Å². The number of anilines is 1. The van der Waals surface area contributed by atoms with Crippen molar-refractivity contribution < 1.29 is 4.42 Å². The SMILES string of the molecule is CCCC1CCC(Nc2nnc(CN)o2)CC1. The van der Waals surface area contributed by atoms with Gasteiger partial charge in [0.1, 0.15) is 0 Å². The smallest absolute Gasteiger partial charge is 0.315 e. The van der Waals surface area contributed by atoms with Gasteiger partial charge >= 0.3 is 6.01 Å². The van der Waals surface area contributed by atoms with Crippen LogP contribution < -0.4 is 11.1 Å². The summed E-state index contributed by atoms with van der Waals surface area (Å²) in [6.07, 6.45) is 7.68. The molecule has 0 spiro atoms. The fourth-order valence-electron chi connectivity index (χ4n) is 2.57. The third kappa shape index (κ3) is 3.43. The number of nitrogens with two attached hydrogens (primary N) is 1. The first-order valence-electron chi connectivity index (χ1n) is 6.60. The number of rotatable bonds is 5. The van der Waals surface area contributed by atoms with Crippen LogP contribution in [-0.2, 0) is 6.54 Å². The third-order valence-electron chi connectivity index (χ3n) is 3.51.